The van der Waals surface area contributed by atoms with Crippen molar-refractivity contribution in [1.82, 2.24) is 9.38 Å². The fourth-order valence-corrected chi connectivity index (χ4v) is 2.32. The normalized spacial score (nSPS) is 11.9. The third-order valence-electron chi connectivity index (χ3n) is 2.24. The number of imidazole rings is 1. The molecule has 0 saturated heterocycles. The monoisotopic (exact) mass is 241 g/mol. The van der Waals surface area contributed by atoms with Crippen LogP contribution in [0.5, 0.6) is 5.88 Å². The summed E-state index contributed by atoms with van der Waals surface area (Å²) in [6.07, 6.45) is 0. The number of hydrogen-bond acceptors (Lipinski definition) is 4. The number of fused-ring (bicyclic) bond motifs is 1. The maximum Gasteiger partial charge on any atom is 0.257 e. The second kappa shape index (κ2) is 3.46. The van der Waals surface area contributed by atoms with Gasteiger partial charge in [-0.05, 0) is 19.1 Å². The van der Waals surface area contributed by atoms with Crippen molar-refractivity contribution in [3.05, 3.63) is 24.0 Å². The first-order valence-electron chi connectivity index (χ1n) is 4.50. The zero-order valence-electron chi connectivity index (χ0n) is 8.84. The number of nitrogens with zero attached hydrogens (tertiary/aromatic N) is 2. The zero-order chi connectivity index (χ0) is 11.9. The van der Waals surface area contributed by atoms with Gasteiger partial charge in [-0.25, -0.2) is 18.5 Å². The number of ether oxygens (including phenoxy) is 1. The van der Waals surface area contributed by atoms with Crippen LogP contribution in [0, 0.1) is 6.92 Å². The number of aryl methyl sites for hydroxylation is 1. The lowest BCUT2D eigenvalue weighted by atomic mass is 10.4. The van der Waals surface area contributed by atoms with Crippen molar-refractivity contribution in [3.8, 4) is 5.88 Å². The van der Waals surface area contributed by atoms with Crippen molar-refractivity contribution in [2.45, 2.75) is 11.9 Å². The van der Waals surface area contributed by atoms with Crippen molar-refractivity contribution in [3.63, 3.8) is 0 Å². The van der Waals surface area contributed by atoms with Gasteiger partial charge < -0.3 is 4.74 Å². The topological polar surface area (TPSA) is 86.7 Å². The van der Waals surface area contributed by atoms with E-state index < -0.39 is 10.0 Å². The number of aromatic nitrogens is 2. The highest BCUT2D eigenvalue weighted by Gasteiger charge is 2.19. The molecule has 2 heterocycles. The second-order valence-electron chi connectivity index (χ2n) is 3.30. The Bertz CT molecular complexity index is 645. The highest BCUT2D eigenvalue weighted by molar-refractivity contribution is 7.89. The fraction of sp³-hybridized carbons (Fsp3) is 0.222. The van der Waals surface area contributed by atoms with Gasteiger partial charge in [-0.1, -0.05) is 6.07 Å². The molecule has 0 atom stereocenters. The van der Waals surface area contributed by atoms with Crippen LogP contribution in [-0.4, -0.2) is 24.9 Å². The van der Waals surface area contributed by atoms with E-state index >= 15 is 0 Å². The largest absolute Gasteiger partial charge is 0.482 e. The van der Waals surface area contributed by atoms with Gasteiger partial charge in [0, 0.05) is 0 Å². The van der Waals surface area contributed by atoms with E-state index in [2.05, 4.69) is 4.98 Å². The Labute approximate surface area is 92.7 Å². The molecular formula is C9H11N3O3S. The lowest BCUT2D eigenvalue weighted by molar-refractivity contribution is 0.391. The van der Waals surface area contributed by atoms with E-state index in [1.807, 2.05) is 0 Å². The van der Waals surface area contributed by atoms with Gasteiger partial charge in [0.25, 0.3) is 10.0 Å². The summed E-state index contributed by atoms with van der Waals surface area (Å²) in [5.74, 6) is 1.02. The van der Waals surface area contributed by atoms with Crippen LogP contribution in [0.4, 0.5) is 0 Å². The minimum Gasteiger partial charge on any atom is -0.482 e. The van der Waals surface area contributed by atoms with Crippen molar-refractivity contribution >= 4 is 15.5 Å². The molecule has 0 aromatic carbocycles. The van der Waals surface area contributed by atoms with Gasteiger partial charge in [0.15, 0.2) is 10.9 Å². The molecule has 2 aromatic rings. The first kappa shape index (κ1) is 10.9. The highest BCUT2D eigenvalue weighted by Crippen LogP contribution is 2.22. The number of pyridine rings is 1. The standard InChI is InChI=1S/C9H11N3O3S/c1-6-11-9(16(10,13)14)7-4-3-5-8(15-2)12(6)7/h3-5H,1-2H3,(H2,10,13,14). The average molecular weight is 241 g/mol. The summed E-state index contributed by atoms with van der Waals surface area (Å²) < 4.78 is 29.4. The third-order valence-corrected chi connectivity index (χ3v) is 3.08. The molecule has 2 aromatic heterocycles. The van der Waals surface area contributed by atoms with E-state index in [0.717, 1.165) is 0 Å². The summed E-state index contributed by atoms with van der Waals surface area (Å²) in [5, 5.41) is 4.95. The third kappa shape index (κ3) is 1.54. The quantitative estimate of drug-likeness (QED) is 0.819. The molecule has 2 N–H and O–H groups in total. The van der Waals surface area contributed by atoms with Gasteiger partial charge >= 0.3 is 0 Å². The summed E-state index contributed by atoms with van der Waals surface area (Å²) in [7, 11) is -2.32. The van der Waals surface area contributed by atoms with E-state index in [1.54, 1.807) is 29.5 Å². The average Bonchev–Trinajstić information content (AvgIpc) is 2.56. The summed E-state index contributed by atoms with van der Waals surface area (Å²) >= 11 is 0. The number of methoxy groups -OCH3 is 1. The second-order valence-corrected chi connectivity index (χ2v) is 4.77. The molecule has 16 heavy (non-hydrogen) atoms. The molecule has 0 radical (unpaired) electrons. The van der Waals surface area contributed by atoms with Crippen LogP contribution >= 0.6 is 0 Å². The predicted molar refractivity (Wildman–Crippen MR) is 57.9 cm³/mol. The molecule has 0 spiro atoms. The number of primary sulfonamides is 1. The van der Waals surface area contributed by atoms with Crippen molar-refractivity contribution in [2.24, 2.45) is 5.14 Å². The summed E-state index contributed by atoms with van der Waals surface area (Å²) in [4.78, 5) is 3.94. The minimum absolute atomic E-state index is 0.135. The van der Waals surface area contributed by atoms with Crippen molar-refractivity contribution in [1.29, 1.82) is 0 Å². The smallest absolute Gasteiger partial charge is 0.257 e. The van der Waals surface area contributed by atoms with Crippen LogP contribution in [0.3, 0.4) is 0 Å². The maximum atomic E-state index is 11.3. The van der Waals surface area contributed by atoms with Crippen LogP contribution in [0.2, 0.25) is 0 Å². The zero-order valence-corrected chi connectivity index (χ0v) is 9.65. The van der Waals surface area contributed by atoms with Crippen LogP contribution < -0.4 is 9.88 Å². The van der Waals surface area contributed by atoms with E-state index in [-0.39, 0.29) is 5.03 Å². The maximum absolute atomic E-state index is 11.3. The van der Waals surface area contributed by atoms with Crippen LogP contribution in [0.15, 0.2) is 23.2 Å². The number of rotatable bonds is 2. The van der Waals surface area contributed by atoms with Gasteiger partial charge in [0.2, 0.25) is 0 Å². The molecule has 7 heteroatoms. The summed E-state index contributed by atoms with van der Waals surface area (Å²) in [6.45, 7) is 1.68. The van der Waals surface area contributed by atoms with Crippen molar-refractivity contribution < 1.29 is 13.2 Å². The Hall–Kier alpha value is -1.60. The van der Waals surface area contributed by atoms with E-state index in [9.17, 15) is 8.42 Å². The minimum atomic E-state index is -3.82. The highest BCUT2D eigenvalue weighted by atomic mass is 32.2. The van der Waals surface area contributed by atoms with Crippen LogP contribution in [0.25, 0.3) is 5.52 Å². The molecule has 2 rings (SSSR count). The Kier molecular flexibility index (Phi) is 2.36. The Balaban J connectivity index is 2.93. The first-order valence-corrected chi connectivity index (χ1v) is 6.04. The van der Waals surface area contributed by atoms with Crippen LogP contribution in [0.1, 0.15) is 5.82 Å². The number of hydrogen-bond donors (Lipinski definition) is 1. The van der Waals surface area contributed by atoms with Crippen LogP contribution in [-0.2, 0) is 10.0 Å². The Morgan fingerprint density at radius 1 is 1.44 bits per heavy atom. The van der Waals surface area contributed by atoms with Gasteiger partial charge in [-0.2, -0.15) is 0 Å². The van der Waals surface area contributed by atoms with Gasteiger partial charge in [-0.15, -0.1) is 0 Å². The molecule has 0 aliphatic heterocycles. The predicted octanol–water partition coefficient (Wildman–Crippen LogP) is 0.299. The molecular weight excluding hydrogens is 230 g/mol. The molecule has 0 aliphatic carbocycles. The van der Waals surface area contributed by atoms with Gasteiger partial charge in [-0.3, -0.25) is 4.40 Å². The number of nitrogens with two attached hydrogens (primary N) is 1. The molecule has 86 valence electrons. The number of sulfonamides is 1. The molecule has 0 fully saturated rings. The SMILES string of the molecule is COc1cccc2c(S(N)(=O)=O)nc(C)n12. The molecule has 0 aliphatic rings. The molecule has 0 saturated carbocycles. The van der Waals surface area contributed by atoms with E-state index in [0.29, 0.717) is 17.2 Å². The van der Waals surface area contributed by atoms with E-state index in [4.69, 9.17) is 9.88 Å². The lowest BCUT2D eigenvalue weighted by Crippen LogP contribution is -2.13. The molecule has 0 unspecified atom stereocenters. The van der Waals surface area contributed by atoms with Crippen molar-refractivity contribution in [2.75, 3.05) is 7.11 Å². The molecule has 6 nitrogen and oxygen atoms in total. The van der Waals surface area contributed by atoms with E-state index in [1.165, 1.54) is 7.11 Å². The Morgan fingerprint density at radius 2 is 2.12 bits per heavy atom. The molecule has 0 amide bonds. The first-order chi connectivity index (χ1) is 7.45. The summed E-state index contributed by atoms with van der Waals surface area (Å²) in [6, 6.07) is 5.03. The van der Waals surface area contributed by atoms with Gasteiger partial charge in [0.1, 0.15) is 5.82 Å². The van der Waals surface area contributed by atoms with Gasteiger partial charge in [0.05, 0.1) is 12.6 Å². The summed E-state index contributed by atoms with van der Waals surface area (Å²) in [5.41, 5.74) is 0.416. The molecule has 0 bridgehead atoms. The Morgan fingerprint density at radius 3 is 2.69 bits per heavy atom. The lowest BCUT2D eigenvalue weighted by Gasteiger charge is -2.04. The fourth-order valence-electron chi connectivity index (χ4n) is 1.61.